The van der Waals surface area contributed by atoms with Gasteiger partial charge in [-0.1, -0.05) is 6.07 Å². The van der Waals surface area contributed by atoms with E-state index in [0.717, 1.165) is 10.4 Å². The molecule has 1 saturated heterocycles. The van der Waals surface area contributed by atoms with Crippen LogP contribution in [0.5, 0.6) is 0 Å². The lowest BCUT2D eigenvalue weighted by atomic mass is 10.1. The number of sulfonamides is 1. The number of hydrogen-bond donors (Lipinski definition) is 2. The lowest BCUT2D eigenvalue weighted by molar-refractivity contribution is 0.0921. The largest absolute Gasteiger partial charge is 0.379 e. The fraction of sp³-hybridized carbons (Fsp3) is 0.412. The van der Waals surface area contributed by atoms with Crippen LogP contribution in [0.15, 0.2) is 29.1 Å². The van der Waals surface area contributed by atoms with Gasteiger partial charge in [0.1, 0.15) is 11.5 Å². The molecule has 0 radical (unpaired) electrons. The maximum absolute atomic E-state index is 13.9. The van der Waals surface area contributed by atoms with E-state index in [4.69, 9.17) is 4.74 Å². The first kappa shape index (κ1) is 19.5. The van der Waals surface area contributed by atoms with E-state index in [0.29, 0.717) is 0 Å². The van der Waals surface area contributed by atoms with Crippen LogP contribution in [0.2, 0.25) is 0 Å². The van der Waals surface area contributed by atoms with Crippen molar-refractivity contribution in [3.63, 3.8) is 0 Å². The minimum absolute atomic E-state index is 0.0513. The van der Waals surface area contributed by atoms with Crippen LogP contribution in [0, 0.1) is 11.7 Å². The summed E-state index contributed by atoms with van der Waals surface area (Å²) in [6.45, 7) is 0.354. The number of pyridine rings is 1. The molecule has 8 nitrogen and oxygen atoms in total. The number of carbonyl (C=O) groups is 1. The summed E-state index contributed by atoms with van der Waals surface area (Å²) in [5.74, 6) is -1.86. The zero-order valence-electron chi connectivity index (χ0n) is 14.9. The Bertz CT molecular complexity index is 1030. The van der Waals surface area contributed by atoms with E-state index in [2.05, 4.69) is 10.3 Å². The zero-order valence-corrected chi connectivity index (χ0v) is 15.7. The number of aromatic nitrogens is 1. The summed E-state index contributed by atoms with van der Waals surface area (Å²) in [5.41, 5.74) is -0.633. The maximum Gasteiger partial charge on any atom is 0.268 e. The van der Waals surface area contributed by atoms with E-state index in [9.17, 15) is 22.4 Å². The van der Waals surface area contributed by atoms with Crippen LogP contribution in [0.4, 0.5) is 4.39 Å². The fourth-order valence-electron chi connectivity index (χ4n) is 2.95. The monoisotopic (exact) mass is 397 g/mol. The minimum atomic E-state index is -3.46. The van der Waals surface area contributed by atoms with Crippen molar-refractivity contribution in [2.45, 2.75) is 6.04 Å². The van der Waals surface area contributed by atoms with Gasteiger partial charge in [-0.25, -0.2) is 17.1 Å². The van der Waals surface area contributed by atoms with E-state index in [1.807, 2.05) is 0 Å². The second kappa shape index (κ2) is 7.37. The Morgan fingerprint density at radius 1 is 1.37 bits per heavy atom. The van der Waals surface area contributed by atoms with Gasteiger partial charge in [-0.3, -0.25) is 9.59 Å². The molecule has 0 unspecified atom stereocenters. The molecule has 1 aromatic heterocycles. The van der Waals surface area contributed by atoms with Crippen LogP contribution in [-0.2, 0) is 14.8 Å². The topological polar surface area (TPSA) is 109 Å². The molecule has 1 amide bonds. The van der Waals surface area contributed by atoms with Gasteiger partial charge in [-0.05, 0) is 12.1 Å². The molecule has 10 heteroatoms. The number of aromatic amines is 1. The summed E-state index contributed by atoms with van der Waals surface area (Å²) < 4.78 is 44.5. The molecule has 1 fully saturated rings. The molecule has 2 N–H and O–H groups in total. The average molecular weight is 397 g/mol. The van der Waals surface area contributed by atoms with Crippen molar-refractivity contribution >= 4 is 26.8 Å². The van der Waals surface area contributed by atoms with Crippen LogP contribution in [-0.4, -0.2) is 62.7 Å². The first-order chi connectivity index (χ1) is 12.7. The predicted octanol–water partition coefficient (Wildman–Crippen LogP) is 0.303. The van der Waals surface area contributed by atoms with Crippen LogP contribution < -0.4 is 10.7 Å². The van der Waals surface area contributed by atoms with E-state index >= 15 is 0 Å². The van der Waals surface area contributed by atoms with Gasteiger partial charge in [0.25, 0.3) is 5.91 Å². The summed E-state index contributed by atoms with van der Waals surface area (Å²) in [4.78, 5) is 27.3. The number of halogens is 1. The molecular formula is C17H20FN3O5S. The normalized spacial score (nSPS) is 20.3. The molecule has 0 bridgehead atoms. The summed E-state index contributed by atoms with van der Waals surface area (Å²) in [6, 6.07) is 4.63. The molecule has 2 heterocycles. The smallest absolute Gasteiger partial charge is 0.268 e. The molecule has 0 spiro atoms. The Morgan fingerprint density at radius 2 is 2.11 bits per heavy atom. The predicted molar refractivity (Wildman–Crippen MR) is 97.6 cm³/mol. The molecule has 27 heavy (non-hydrogen) atoms. The SMILES string of the molecule is CN(C)S(=O)(=O)C[C@@H]1COC[C@@H]1NC(=O)c1cc(=O)c2cccc(F)c2[nH]1. The molecule has 2 atom stereocenters. The van der Waals surface area contributed by atoms with E-state index < -0.39 is 39.1 Å². The Labute approximate surface area is 155 Å². The summed E-state index contributed by atoms with van der Waals surface area (Å²) in [5, 5.41) is 2.82. The lowest BCUT2D eigenvalue weighted by Gasteiger charge is -2.21. The van der Waals surface area contributed by atoms with Crippen molar-refractivity contribution in [2.24, 2.45) is 5.92 Å². The van der Waals surface area contributed by atoms with Gasteiger partial charge in [0, 0.05) is 31.5 Å². The number of ether oxygens (including phenoxy) is 1. The molecule has 146 valence electrons. The number of hydrogen-bond acceptors (Lipinski definition) is 5. The minimum Gasteiger partial charge on any atom is -0.379 e. The van der Waals surface area contributed by atoms with E-state index in [1.54, 1.807) is 0 Å². The number of amides is 1. The van der Waals surface area contributed by atoms with Gasteiger partial charge in [-0.15, -0.1) is 0 Å². The van der Waals surface area contributed by atoms with E-state index in [1.165, 1.54) is 32.3 Å². The summed E-state index contributed by atoms with van der Waals surface area (Å²) in [7, 11) is -0.586. The zero-order chi connectivity index (χ0) is 19.8. The van der Waals surface area contributed by atoms with Gasteiger partial charge in [0.15, 0.2) is 5.43 Å². The second-order valence-corrected chi connectivity index (χ2v) is 8.88. The first-order valence-electron chi connectivity index (χ1n) is 8.29. The molecule has 3 rings (SSSR count). The third-order valence-electron chi connectivity index (χ3n) is 4.55. The van der Waals surface area contributed by atoms with Crippen LogP contribution >= 0.6 is 0 Å². The molecule has 0 aliphatic carbocycles. The van der Waals surface area contributed by atoms with Gasteiger partial charge in [0.05, 0.1) is 30.5 Å². The quantitative estimate of drug-likeness (QED) is 0.755. The van der Waals surface area contributed by atoms with E-state index in [-0.39, 0.29) is 35.6 Å². The number of benzene rings is 1. The lowest BCUT2D eigenvalue weighted by Crippen LogP contribution is -2.44. The average Bonchev–Trinajstić information content (AvgIpc) is 3.01. The van der Waals surface area contributed by atoms with Crippen molar-refractivity contribution in [3.05, 3.63) is 46.0 Å². The molecule has 2 aromatic rings. The Hall–Kier alpha value is -2.30. The number of para-hydroxylation sites is 1. The maximum atomic E-state index is 13.9. The molecule has 1 aromatic carbocycles. The molecule has 1 aliphatic rings. The Kier molecular flexibility index (Phi) is 5.31. The highest BCUT2D eigenvalue weighted by Gasteiger charge is 2.34. The Morgan fingerprint density at radius 3 is 2.81 bits per heavy atom. The molecule has 1 aliphatic heterocycles. The standard InChI is InChI=1S/C17H20FN3O5S/c1-21(2)27(24,25)9-10-7-26-8-14(10)20-17(23)13-6-15(22)11-4-3-5-12(18)16(11)19-13/h3-6,10,14H,7-9H2,1-2H3,(H,19,22)(H,20,23)/t10-,14-/m0/s1. The number of nitrogens with zero attached hydrogens (tertiary/aromatic N) is 1. The number of fused-ring (bicyclic) bond motifs is 1. The number of rotatable bonds is 5. The highest BCUT2D eigenvalue weighted by Crippen LogP contribution is 2.18. The van der Waals surface area contributed by atoms with Gasteiger partial charge >= 0.3 is 0 Å². The molecular weight excluding hydrogens is 377 g/mol. The second-order valence-electron chi connectivity index (χ2n) is 6.65. The van der Waals surface area contributed by atoms with Gasteiger partial charge < -0.3 is 15.0 Å². The van der Waals surface area contributed by atoms with Gasteiger partial charge in [-0.2, -0.15) is 0 Å². The fourth-order valence-corrected chi connectivity index (χ4v) is 4.11. The molecule has 0 saturated carbocycles. The van der Waals surface area contributed by atoms with Crippen molar-refractivity contribution < 1.29 is 22.3 Å². The summed E-state index contributed by atoms with van der Waals surface area (Å²) >= 11 is 0. The van der Waals surface area contributed by atoms with Crippen LogP contribution in [0.1, 0.15) is 10.5 Å². The third kappa shape index (κ3) is 4.02. The summed E-state index contributed by atoms with van der Waals surface area (Å²) in [6.07, 6.45) is 0. The third-order valence-corrected chi connectivity index (χ3v) is 6.52. The number of H-pyrrole nitrogens is 1. The van der Waals surface area contributed by atoms with Crippen molar-refractivity contribution in [2.75, 3.05) is 33.1 Å². The highest BCUT2D eigenvalue weighted by atomic mass is 32.2. The Balaban J connectivity index is 1.82. The van der Waals surface area contributed by atoms with Crippen LogP contribution in [0.25, 0.3) is 10.9 Å². The number of nitrogens with one attached hydrogen (secondary N) is 2. The first-order valence-corrected chi connectivity index (χ1v) is 9.90. The van der Waals surface area contributed by atoms with Crippen molar-refractivity contribution in [1.82, 2.24) is 14.6 Å². The van der Waals surface area contributed by atoms with Gasteiger partial charge in [0.2, 0.25) is 10.0 Å². The van der Waals surface area contributed by atoms with Crippen LogP contribution in [0.3, 0.4) is 0 Å². The van der Waals surface area contributed by atoms with Crippen molar-refractivity contribution in [1.29, 1.82) is 0 Å². The van der Waals surface area contributed by atoms with Crippen molar-refractivity contribution in [3.8, 4) is 0 Å². The highest BCUT2D eigenvalue weighted by molar-refractivity contribution is 7.89. The number of carbonyl (C=O) groups excluding carboxylic acids is 1.